The van der Waals surface area contributed by atoms with Gasteiger partial charge in [-0.05, 0) is 109 Å². The van der Waals surface area contributed by atoms with Crippen LogP contribution in [0.4, 0.5) is 0 Å². The molecule has 18 heteroatoms. The first-order chi connectivity index (χ1) is 40.2. The summed E-state index contributed by atoms with van der Waals surface area (Å²) < 4.78 is 60.6. The van der Waals surface area contributed by atoms with Crippen molar-refractivity contribution in [2.75, 3.05) is 39.6 Å². The molecule has 0 spiro atoms. The van der Waals surface area contributed by atoms with Crippen LogP contribution in [0.5, 0.6) is 0 Å². The minimum Gasteiger partial charge on any atom is -0.463 e. The molecule has 0 aromatic rings. The molecule has 5 unspecified atom stereocenters. The molecule has 0 aliphatic carbocycles. The molecule has 0 saturated carbocycles. The predicted octanol–water partition coefficient (Wildman–Crippen LogP) is 16.5. The van der Waals surface area contributed by atoms with Gasteiger partial charge < -0.3 is 34.2 Å². The lowest BCUT2D eigenvalue weighted by molar-refractivity contribution is -0.161. The van der Waals surface area contributed by atoms with E-state index in [1.807, 2.05) is 18.2 Å². The van der Waals surface area contributed by atoms with Crippen LogP contribution in [0.1, 0.15) is 226 Å². The van der Waals surface area contributed by atoms with E-state index in [2.05, 4.69) is 112 Å². The van der Waals surface area contributed by atoms with Gasteiger partial charge in [-0.3, -0.25) is 32.5 Å². The van der Waals surface area contributed by atoms with Crippen molar-refractivity contribution in [2.45, 2.75) is 245 Å². The second kappa shape index (κ2) is 58.6. The zero-order chi connectivity index (χ0) is 61.0. The summed E-state index contributed by atoms with van der Waals surface area (Å²) in [6.07, 6.45) is 63.1. The monoisotopic (exact) mass is 1210 g/mol. The average Bonchev–Trinajstić information content (AvgIpc) is 3.46. The molecule has 0 fully saturated rings. The number of allylic oxidation sites excluding steroid dienone is 18. The number of phosphoric ester groups is 2. The minimum atomic E-state index is -4.93. The van der Waals surface area contributed by atoms with Gasteiger partial charge >= 0.3 is 33.6 Å². The van der Waals surface area contributed by atoms with Crippen molar-refractivity contribution in [3.63, 3.8) is 0 Å². The number of unbranched alkanes of at least 4 members (excludes halogenated alkanes) is 17. The van der Waals surface area contributed by atoms with E-state index in [9.17, 15) is 43.5 Å². The Balaban J connectivity index is 4.73. The Morgan fingerprint density at radius 2 is 0.687 bits per heavy atom. The van der Waals surface area contributed by atoms with Crippen molar-refractivity contribution in [1.29, 1.82) is 0 Å². The number of carbonyl (C=O) groups is 3. The predicted molar refractivity (Wildman–Crippen MR) is 334 cm³/mol. The number of hydrogen-bond donors (Lipinski definition) is 4. The van der Waals surface area contributed by atoms with Crippen LogP contribution in [0.3, 0.4) is 0 Å². The lowest BCUT2D eigenvalue weighted by Gasteiger charge is -2.21. The van der Waals surface area contributed by atoms with Crippen LogP contribution in [0.15, 0.2) is 109 Å². The van der Waals surface area contributed by atoms with Crippen LogP contribution in [0.2, 0.25) is 0 Å². The van der Waals surface area contributed by atoms with Gasteiger partial charge in [-0.2, -0.15) is 0 Å². The highest BCUT2D eigenvalue weighted by Crippen LogP contribution is 2.45. The molecule has 4 N–H and O–H groups in total. The van der Waals surface area contributed by atoms with Crippen molar-refractivity contribution in [1.82, 2.24) is 0 Å². The number of esters is 3. The topological polar surface area (TPSA) is 231 Å². The Bertz CT molecular complexity index is 1960. The first-order valence-electron chi connectivity index (χ1n) is 31.2. The molecule has 0 rings (SSSR count). The maximum absolute atomic E-state index is 12.9. The summed E-state index contributed by atoms with van der Waals surface area (Å²) in [4.78, 5) is 58.1. The van der Waals surface area contributed by atoms with E-state index in [-0.39, 0.29) is 19.3 Å². The summed E-state index contributed by atoms with van der Waals surface area (Å²) in [5.74, 6) is -1.69. The van der Waals surface area contributed by atoms with Crippen LogP contribution in [0, 0.1) is 0 Å². The molecule has 83 heavy (non-hydrogen) atoms. The molecule has 5 atom stereocenters. The molecular weight excluding hydrogens is 1100 g/mol. The lowest BCUT2D eigenvalue weighted by atomic mass is 10.1. The third kappa shape index (κ3) is 59.7. The van der Waals surface area contributed by atoms with Crippen molar-refractivity contribution < 1.29 is 75.8 Å². The highest BCUT2D eigenvalue weighted by atomic mass is 31.2. The fourth-order valence-corrected chi connectivity index (χ4v) is 9.27. The number of phosphoric acid groups is 2. The fourth-order valence-electron chi connectivity index (χ4n) is 7.69. The van der Waals surface area contributed by atoms with Gasteiger partial charge in [0.25, 0.3) is 0 Å². The molecule has 0 aromatic heterocycles. The van der Waals surface area contributed by atoms with Gasteiger partial charge in [0, 0.05) is 19.3 Å². The molecule has 0 saturated heterocycles. The molecule has 0 aliphatic heterocycles. The minimum absolute atomic E-state index is 0.0577. The Labute approximate surface area is 500 Å². The number of carbonyl (C=O) groups excluding carboxylic acids is 3. The molecule has 476 valence electrons. The smallest absolute Gasteiger partial charge is 0.463 e. The first-order valence-corrected chi connectivity index (χ1v) is 34.2. The van der Waals surface area contributed by atoms with E-state index in [1.165, 1.54) is 38.5 Å². The molecule has 16 nitrogen and oxygen atoms in total. The van der Waals surface area contributed by atoms with Gasteiger partial charge in [-0.25, -0.2) is 9.13 Å². The zero-order valence-electron chi connectivity index (χ0n) is 51.1. The highest BCUT2D eigenvalue weighted by Gasteiger charge is 2.29. The van der Waals surface area contributed by atoms with Gasteiger partial charge in [0.2, 0.25) is 0 Å². The molecule has 0 heterocycles. The molecule has 0 bridgehead atoms. The number of aliphatic hydroxyl groups is 2. The SMILES string of the molecule is CC/C=C\C/C=C\C/C=C\C/C=C\C/C=C\C/C=C\CCC(=O)OCC(O)COP(=O)(O)OCC(O)COP(=O)(O)OCC(COC(=O)CCCCCCC/C=C\CCCCCCCC)OC(=O)CCCCCCC/C=C\C/C=C\CCC. The van der Waals surface area contributed by atoms with Gasteiger partial charge in [0.1, 0.15) is 25.4 Å². The number of ether oxygens (including phenoxy) is 3. The summed E-state index contributed by atoms with van der Waals surface area (Å²) in [6, 6.07) is 0. The fraction of sp³-hybridized carbons (Fsp3) is 0.677. The Kier molecular flexibility index (Phi) is 55.9. The van der Waals surface area contributed by atoms with Crippen molar-refractivity contribution in [3.8, 4) is 0 Å². The van der Waals surface area contributed by atoms with Gasteiger partial charge in [0.15, 0.2) is 6.10 Å². The van der Waals surface area contributed by atoms with E-state index in [0.717, 1.165) is 122 Å². The molecule has 0 aromatic carbocycles. The molecule has 0 aliphatic rings. The van der Waals surface area contributed by atoms with E-state index >= 15 is 0 Å². The highest BCUT2D eigenvalue weighted by molar-refractivity contribution is 7.47. The summed E-state index contributed by atoms with van der Waals surface area (Å²) >= 11 is 0. The van der Waals surface area contributed by atoms with Crippen LogP contribution < -0.4 is 0 Å². The summed E-state index contributed by atoms with van der Waals surface area (Å²) in [5.41, 5.74) is 0. The zero-order valence-corrected chi connectivity index (χ0v) is 52.9. The van der Waals surface area contributed by atoms with Crippen molar-refractivity contribution >= 4 is 33.6 Å². The molecule has 0 amide bonds. The summed E-state index contributed by atoms with van der Waals surface area (Å²) in [6.45, 7) is 2.34. The van der Waals surface area contributed by atoms with Gasteiger partial charge in [-0.15, -0.1) is 0 Å². The van der Waals surface area contributed by atoms with Crippen LogP contribution in [-0.2, 0) is 55.8 Å². The maximum Gasteiger partial charge on any atom is 0.472 e. The van der Waals surface area contributed by atoms with Gasteiger partial charge in [0.05, 0.1) is 26.4 Å². The van der Waals surface area contributed by atoms with Gasteiger partial charge in [-0.1, -0.05) is 207 Å². The van der Waals surface area contributed by atoms with E-state index < -0.39 is 91.5 Å². The van der Waals surface area contributed by atoms with Crippen molar-refractivity contribution in [3.05, 3.63) is 109 Å². The third-order valence-electron chi connectivity index (χ3n) is 12.4. The number of aliphatic hydroxyl groups excluding tert-OH is 2. The Morgan fingerprint density at radius 3 is 1.14 bits per heavy atom. The quantitative estimate of drug-likeness (QED) is 0.0146. The second-order valence-electron chi connectivity index (χ2n) is 20.5. The van der Waals surface area contributed by atoms with Crippen LogP contribution in [-0.4, -0.2) is 95.9 Å². The standard InChI is InChI=1S/C65H110O16P2/c1-4-7-10-13-16-19-22-25-27-28-29-30-32-35-36-39-42-45-48-51-63(68)75-54-60(66)55-77-82(71,72)78-56-61(67)57-79-83(73,74)80-59-62(81-65(70)53-50-47-44-41-38-33-24-21-18-15-12-9-6-3)58-76-64(69)52-49-46-43-40-37-34-31-26-23-20-17-14-11-8-5-2/h7,10,12,15-16,19,21,24-27,29-31,35-36,42,45,60-62,66-67H,4-6,8-9,11,13-14,17-18,20,22-23,28,32-34,37-41,43-44,46-59H2,1-3H3,(H,71,72)(H,73,74)/b10-7-,15-12-,19-16-,24-21-,27-25-,30-29-,31-26-,36-35-,45-42-. The molecule has 0 radical (unpaired) electrons. The second-order valence-corrected chi connectivity index (χ2v) is 23.4. The average molecular weight is 1210 g/mol. The summed E-state index contributed by atoms with van der Waals surface area (Å²) in [7, 11) is -9.79. The largest absolute Gasteiger partial charge is 0.472 e. The number of rotatable bonds is 58. The van der Waals surface area contributed by atoms with E-state index in [4.69, 9.17) is 32.3 Å². The molecular formula is C65H110O16P2. The Morgan fingerprint density at radius 1 is 0.349 bits per heavy atom. The normalized spacial score (nSPS) is 15.1. The maximum atomic E-state index is 12.9. The lowest BCUT2D eigenvalue weighted by Crippen LogP contribution is -2.30. The third-order valence-corrected chi connectivity index (χ3v) is 14.3. The van der Waals surface area contributed by atoms with Crippen LogP contribution >= 0.6 is 15.6 Å². The van der Waals surface area contributed by atoms with Crippen LogP contribution in [0.25, 0.3) is 0 Å². The number of hydrogen-bond acceptors (Lipinski definition) is 14. The summed E-state index contributed by atoms with van der Waals surface area (Å²) in [5, 5.41) is 20.5. The first kappa shape index (κ1) is 79.2. The van der Waals surface area contributed by atoms with E-state index in [0.29, 0.717) is 25.7 Å². The Hall–Kier alpha value is -3.79. The van der Waals surface area contributed by atoms with Crippen molar-refractivity contribution in [2.24, 2.45) is 0 Å². The van der Waals surface area contributed by atoms with E-state index in [1.54, 1.807) is 0 Å².